The summed E-state index contributed by atoms with van der Waals surface area (Å²) in [6.45, 7) is 0. The summed E-state index contributed by atoms with van der Waals surface area (Å²) in [6.07, 6.45) is 3.44. The zero-order chi connectivity index (χ0) is 22.8. The van der Waals surface area contributed by atoms with Crippen molar-refractivity contribution in [1.82, 2.24) is 0 Å². The van der Waals surface area contributed by atoms with Crippen LogP contribution in [0.25, 0.3) is 0 Å². The minimum atomic E-state index is -1.29. The quantitative estimate of drug-likeness (QED) is 0.458. The van der Waals surface area contributed by atoms with Gasteiger partial charge in [-0.05, 0) is 36.0 Å². The van der Waals surface area contributed by atoms with E-state index in [4.69, 9.17) is 0 Å². The number of rotatable bonds is 4. The normalized spacial score (nSPS) is 26.6. The third kappa shape index (κ3) is 3.52. The van der Waals surface area contributed by atoms with E-state index in [-0.39, 0.29) is 29.3 Å². The van der Waals surface area contributed by atoms with Crippen LogP contribution in [0, 0.1) is 22.7 Å². The number of carbonyl (C=O) groups excluding carboxylic acids is 2. The summed E-state index contributed by atoms with van der Waals surface area (Å²) < 4.78 is 0. The molecule has 4 atom stereocenters. The first-order valence-electron chi connectivity index (χ1n) is 11.5. The van der Waals surface area contributed by atoms with E-state index in [9.17, 15) is 14.9 Å². The van der Waals surface area contributed by atoms with Crippen LogP contribution in [0.2, 0.25) is 0 Å². The molecule has 0 unspecified atom stereocenters. The van der Waals surface area contributed by atoms with Crippen LogP contribution < -0.4 is 0 Å². The topological polar surface area (TPSA) is 57.9 Å². The Balaban J connectivity index is 1.80. The van der Waals surface area contributed by atoms with Crippen LogP contribution >= 0.6 is 0 Å². The van der Waals surface area contributed by atoms with Gasteiger partial charge in [0.05, 0.1) is 6.07 Å². The van der Waals surface area contributed by atoms with Gasteiger partial charge in [-0.15, -0.1) is 0 Å². The lowest BCUT2D eigenvalue weighted by Gasteiger charge is -2.50. The molecule has 5 rings (SSSR count). The highest BCUT2D eigenvalue weighted by Crippen LogP contribution is 2.61. The molecule has 162 valence electrons. The lowest BCUT2D eigenvalue weighted by Crippen LogP contribution is -2.49. The lowest BCUT2D eigenvalue weighted by atomic mass is 9.49. The predicted octanol–water partition coefficient (Wildman–Crippen LogP) is 6.26. The fourth-order valence-electron chi connectivity index (χ4n) is 5.94. The number of allylic oxidation sites excluding steroid dienone is 2. The molecule has 0 N–H and O–H groups in total. The summed E-state index contributed by atoms with van der Waals surface area (Å²) >= 11 is 0. The second-order valence-electron chi connectivity index (χ2n) is 9.06. The van der Waals surface area contributed by atoms with E-state index in [0.29, 0.717) is 24.8 Å². The maximum Gasteiger partial charge on any atom is 0.184 e. The second-order valence-corrected chi connectivity index (χ2v) is 9.06. The van der Waals surface area contributed by atoms with Crippen molar-refractivity contribution in [2.45, 2.75) is 31.1 Å². The van der Waals surface area contributed by atoms with Gasteiger partial charge in [-0.2, -0.15) is 5.26 Å². The van der Waals surface area contributed by atoms with Crippen molar-refractivity contribution in [3.8, 4) is 6.07 Å². The summed E-state index contributed by atoms with van der Waals surface area (Å²) in [5, 5.41) is 10.9. The Bertz CT molecular complexity index is 1240. The average Bonchev–Trinajstić information content (AvgIpc) is 2.88. The van der Waals surface area contributed by atoms with E-state index in [1.807, 2.05) is 78.9 Å². The minimum absolute atomic E-state index is 0.0163. The van der Waals surface area contributed by atoms with Crippen LogP contribution in [0.5, 0.6) is 0 Å². The first-order valence-corrected chi connectivity index (χ1v) is 11.5. The maximum atomic E-state index is 14.4. The molecule has 0 radical (unpaired) electrons. The standard InChI is InChI=1S/C30H25NO2/c31-20-30(29(33)23-14-8-3-9-15-23)27(21-10-4-1-5-11-21)19-24-18-25(32)16-17-26(24)28(30)22-12-6-2-7-13-22/h1-15,18,26-28H,16-17,19H2/t26-,27-,28+,30+/m1/s1. The number of nitriles is 1. The molecule has 1 fully saturated rings. The van der Waals surface area contributed by atoms with Gasteiger partial charge in [0.15, 0.2) is 11.6 Å². The van der Waals surface area contributed by atoms with Gasteiger partial charge in [0.2, 0.25) is 0 Å². The van der Waals surface area contributed by atoms with Gasteiger partial charge in [0.1, 0.15) is 5.41 Å². The monoisotopic (exact) mass is 431 g/mol. The lowest BCUT2D eigenvalue weighted by molar-refractivity contribution is -0.115. The van der Waals surface area contributed by atoms with Gasteiger partial charge in [-0.25, -0.2) is 0 Å². The summed E-state index contributed by atoms with van der Waals surface area (Å²) in [5.41, 5.74) is 2.28. The molecule has 3 nitrogen and oxygen atoms in total. The SMILES string of the molecule is N#C[C@]1(C(=O)c2ccccc2)[C@@H](c2ccccc2)CC2=CC(=O)CC[C@H]2[C@@H]1c1ccccc1. The van der Waals surface area contributed by atoms with E-state index in [2.05, 4.69) is 6.07 Å². The van der Waals surface area contributed by atoms with Crippen LogP contribution in [0.1, 0.15) is 52.6 Å². The number of nitrogens with zero attached hydrogens (tertiary/aromatic N) is 1. The number of hydrogen-bond donors (Lipinski definition) is 0. The largest absolute Gasteiger partial charge is 0.295 e. The molecule has 0 aromatic heterocycles. The molecule has 2 aliphatic carbocycles. The van der Waals surface area contributed by atoms with Crippen molar-refractivity contribution in [2.75, 3.05) is 0 Å². The summed E-state index contributed by atoms with van der Waals surface area (Å²) in [7, 11) is 0. The number of ketones is 2. The van der Waals surface area contributed by atoms with Gasteiger partial charge >= 0.3 is 0 Å². The van der Waals surface area contributed by atoms with E-state index >= 15 is 0 Å². The van der Waals surface area contributed by atoms with Crippen LogP contribution in [-0.4, -0.2) is 11.6 Å². The van der Waals surface area contributed by atoms with Crippen molar-refractivity contribution in [3.05, 3.63) is 119 Å². The molecule has 0 aliphatic heterocycles. The van der Waals surface area contributed by atoms with E-state index < -0.39 is 5.41 Å². The first kappa shape index (κ1) is 21.1. The fraction of sp³-hybridized carbons (Fsp3) is 0.233. The molecule has 3 heteroatoms. The van der Waals surface area contributed by atoms with Gasteiger partial charge in [0.25, 0.3) is 0 Å². The molecule has 0 bridgehead atoms. The highest BCUT2D eigenvalue weighted by molar-refractivity contribution is 6.04. The van der Waals surface area contributed by atoms with Crippen LogP contribution in [0.4, 0.5) is 0 Å². The number of hydrogen-bond acceptors (Lipinski definition) is 3. The van der Waals surface area contributed by atoms with Crippen LogP contribution in [0.3, 0.4) is 0 Å². The Hall–Kier alpha value is -3.77. The molecule has 0 spiro atoms. The molecule has 0 amide bonds. The molecule has 0 heterocycles. The molecular formula is C30H25NO2. The molecule has 2 aliphatic rings. The maximum absolute atomic E-state index is 14.4. The fourth-order valence-corrected chi connectivity index (χ4v) is 5.94. The first-order chi connectivity index (χ1) is 16.1. The van der Waals surface area contributed by atoms with E-state index in [1.165, 1.54) is 0 Å². The molecule has 0 saturated heterocycles. The Labute approximate surface area is 194 Å². The zero-order valence-electron chi connectivity index (χ0n) is 18.4. The zero-order valence-corrected chi connectivity index (χ0v) is 18.4. The van der Waals surface area contributed by atoms with E-state index in [1.54, 1.807) is 18.2 Å². The summed E-state index contributed by atoms with van der Waals surface area (Å²) in [4.78, 5) is 26.7. The average molecular weight is 432 g/mol. The molecule has 33 heavy (non-hydrogen) atoms. The van der Waals surface area contributed by atoms with Crippen molar-refractivity contribution >= 4 is 11.6 Å². The van der Waals surface area contributed by atoms with Crippen molar-refractivity contribution in [1.29, 1.82) is 5.26 Å². The Morgan fingerprint density at radius 2 is 1.42 bits per heavy atom. The minimum Gasteiger partial charge on any atom is -0.295 e. The van der Waals surface area contributed by atoms with Crippen molar-refractivity contribution in [3.63, 3.8) is 0 Å². The molecule has 1 saturated carbocycles. The van der Waals surface area contributed by atoms with E-state index in [0.717, 1.165) is 16.7 Å². The van der Waals surface area contributed by atoms with Gasteiger partial charge in [-0.3, -0.25) is 9.59 Å². The van der Waals surface area contributed by atoms with Crippen molar-refractivity contribution in [2.24, 2.45) is 11.3 Å². The highest BCUT2D eigenvalue weighted by Gasteiger charge is 2.59. The number of benzene rings is 3. The Morgan fingerprint density at radius 3 is 2.03 bits per heavy atom. The summed E-state index contributed by atoms with van der Waals surface area (Å²) in [5.74, 6) is -0.704. The predicted molar refractivity (Wildman–Crippen MR) is 128 cm³/mol. The summed E-state index contributed by atoms with van der Waals surface area (Å²) in [6, 6.07) is 31.6. The third-order valence-corrected chi connectivity index (χ3v) is 7.36. The van der Waals surface area contributed by atoms with Gasteiger partial charge < -0.3 is 0 Å². The number of fused-ring (bicyclic) bond motifs is 1. The Morgan fingerprint density at radius 1 is 0.848 bits per heavy atom. The molecule has 3 aromatic carbocycles. The van der Waals surface area contributed by atoms with Crippen LogP contribution in [-0.2, 0) is 4.79 Å². The smallest absolute Gasteiger partial charge is 0.184 e. The number of Topliss-reactive ketones (excluding diaryl/α,β-unsaturated/α-hetero) is 1. The van der Waals surface area contributed by atoms with Crippen LogP contribution in [0.15, 0.2) is 103 Å². The van der Waals surface area contributed by atoms with Gasteiger partial charge in [-0.1, -0.05) is 96.6 Å². The van der Waals surface area contributed by atoms with Gasteiger partial charge in [0, 0.05) is 23.8 Å². The third-order valence-electron chi connectivity index (χ3n) is 7.36. The second kappa shape index (κ2) is 8.64. The Kier molecular flexibility index (Phi) is 5.52. The number of carbonyl (C=O) groups is 2. The van der Waals surface area contributed by atoms with Crippen molar-refractivity contribution < 1.29 is 9.59 Å². The molecular weight excluding hydrogens is 406 g/mol. The molecule has 3 aromatic rings. The highest BCUT2D eigenvalue weighted by atomic mass is 16.1.